The zero-order chi connectivity index (χ0) is 13.3. The van der Waals surface area contributed by atoms with Gasteiger partial charge in [0.2, 0.25) is 5.82 Å². The topological polar surface area (TPSA) is 76.3 Å². The van der Waals surface area contributed by atoms with E-state index in [0.717, 1.165) is 0 Å². The SMILES string of the molecule is CC1CN(c2ncc(Br)cc2[N+](=O)[O-])CCC1=O. The zero-order valence-corrected chi connectivity index (χ0v) is 11.4. The molecule has 0 saturated carbocycles. The van der Waals surface area contributed by atoms with Gasteiger partial charge >= 0.3 is 5.69 Å². The van der Waals surface area contributed by atoms with Crippen LogP contribution in [0.1, 0.15) is 13.3 Å². The highest BCUT2D eigenvalue weighted by molar-refractivity contribution is 9.10. The number of ketones is 1. The second-order valence-electron chi connectivity index (χ2n) is 4.32. The maximum atomic E-state index is 11.5. The highest BCUT2D eigenvalue weighted by Crippen LogP contribution is 2.30. The zero-order valence-electron chi connectivity index (χ0n) is 9.80. The van der Waals surface area contributed by atoms with Crippen LogP contribution in [0.25, 0.3) is 0 Å². The summed E-state index contributed by atoms with van der Waals surface area (Å²) < 4.78 is 0.569. The van der Waals surface area contributed by atoms with E-state index in [-0.39, 0.29) is 17.4 Å². The Kier molecular flexibility index (Phi) is 3.60. The number of halogens is 1. The Hall–Kier alpha value is -1.50. The summed E-state index contributed by atoms with van der Waals surface area (Å²) in [6, 6.07) is 1.43. The Bertz CT molecular complexity index is 506. The van der Waals surface area contributed by atoms with E-state index in [0.29, 0.717) is 29.8 Å². The van der Waals surface area contributed by atoms with Crippen molar-refractivity contribution in [2.75, 3.05) is 18.0 Å². The maximum Gasteiger partial charge on any atom is 0.312 e. The number of pyridine rings is 1. The van der Waals surface area contributed by atoms with Crippen LogP contribution in [0, 0.1) is 16.0 Å². The Labute approximate surface area is 112 Å². The lowest BCUT2D eigenvalue weighted by Crippen LogP contribution is -2.40. The van der Waals surface area contributed by atoms with Crippen molar-refractivity contribution in [1.29, 1.82) is 0 Å². The third kappa shape index (κ3) is 2.50. The molecule has 6 nitrogen and oxygen atoms in total. The molecule has 2 heterocycles. The summed E-state index contributed by atoms with van der Waals surface area (Å²) in [6.07, 6.45) is 1.94. The van der Waals surface area contributed by atoms with Gasteiger partial charge in [-0.1, -0.05) is 6.92 Å². The van der Waals surface area contributed by atoms with Gasteiger partial charge in [-0.25, -0.2) is 4.98 Å². The van der Waals surface area contributed by atoms with E-state index >= 15 is 0 Å². The molecule has 0 N–H and O–H groups in total. The fourth-order valence-corrected chi connectivity index (χ4v) is 2.33. The van der Waals surface area contributed by atoms with Gasteiger partial charge in [0.05, 0.1) is 4.92 Å². The van der Waals surface area contributed by atoms with Crippen molar-refractivity contribution in [2.24, 2.45) is 5.92 Å². The largest absolute Gasteiger partial charge is 0.350 e. The molecule has 1 aliphatic heterocycles. The lowest BCUT2D eigenvalue weighted by atomic mass is 9.98. The summed E-state index contributed by atoms with van der Waals surface area (Å²) in [5.74, 6) is 0.428. The van der Waals surface area contributed by atoms with Crippen LogP contribution in [0.15, 0.2) is 16.7 Å². The smallest absolute Gasteiger partial charge is 0.312 e. The summed E-state index contributed by atoms with van der Waals surface area (Å²) in [7, 11) is 0. The molecule has 1 atom stereocenters. The van der Waals surface area contributed by atoms with Crippen LogP contribution in [0.2, 0.25) is 0 Å². The summed E-state index contributed by atoms with van der Waals surface area (Å²) in [6.45, 7) is 2.80. The second kappa shape index (κ2) is 5.01. The fraction of sp³-hybridized carbons (Fsp3) is 0.455. The van der Waals surface area contributed by atoms with Crippen molar-refractivity contribution in [3.63, 3.8) is 0 Å². The Balaban J connectivity index is 2.33. The normalized spacial score (nSPS) is 20.0. The molecule has 2 rings (SSSR count). The molecule has 7 heteroatoms. The average molecular weight is 314 g/mol. The van der Waals surface area contributed by atoms with Gasteiger partial charge in [0.25, 0.3) is 0 Å². The van der Waals surface area contributed by atoms with E-state index in [4.69, 9.17) is 0 Å². The first-order chi connectivity index (χ1) is 8.49. The van der Waals surface area contributed by atoms with Crippen LogP contribution in [0.3, 0.4) is 0 Å². The van der Waals surface area contributed by atoms with Gasteiger partial charge in [-0.3, -0.25) is 14.9 Å². The molecule has 0 amide bonds. The first-order valence-electron chi connectivity index (χ1n) is 5.56. The standard InChI is InChI=1S/C11H12BrN3O3/c1-7-6-14(3-2-10(7)16)11-9(15(17)18)4-8(12)5-13-11/h4-5,7H,2-3,6H2,1H3. The average Bonchev–Trinajstić information content (AvgIpc) is 2.32. The van der Waals surface area contributed by atoms with Gasteiger partial charge < -0.3 is 4.90 Å². The minimum atomic E-state index is -0.450. The summed E-state index contributed by atoms with van der Waals surface area (Å²) in [5, 5.41) is 11.0. The van der Waals surface area contributed by atoms with E-state index < -0.39 is 4.92 Å². The van der Waals surface area contributed by atoms with Crippen LogP contribution in [0.4, 0.5) is 11.5 Å². The summed E-state index contributed by atoms with van der Waals surface area (Å²) >= 11 is 3.17. The van der Waals surface area contributed by atoms with Crippen LogP contribution in [-0.4, -0.2) is 28.8 Å². The predicted octanol–water partition coefficient (Wildman–Crippen LogP) is 2.17. The number of hydrogen-bond donors (Lipinski definition) is 0. The molecule has 1 saturated heterocycles. The van der Waals surface area contributed by atoms with Crippen molar-refractivity contribution in [3.8, 4) is 0 Å². The van der Waals surface area contributed by atoms with Crippen molar-refractivity contribution in [3.05, 3.63) is 26.9 Å². The molecule has 1 aliphatic rings. The fourth-order valence-electron chi connectivity index (χ4n) is 2.01. The van der Waals surface area contributed by atoms with E-state index in [1.165, 1.54) is 12.3 Å². The maximum absolute atomic E-state index is 11.5. The minimum Gasteiger partial charge on any atom is -0.350 e. The highest BCUT2D eigenvalue weighted by Gasteiger charge is 2.29. The third-order valence-electron chi connectivity index (χ3n) is 2.98. The number of aromatic nitrogens is 1. The van der Waals surface area contributed by atoms with Crippen LogP contribution >= 0.6 is 15.9 Å². The van der Waals surface area contributed by atoms with Gasteiger partial charge in [-0.15, -0.1) is 0 Å². The lowest BCUT2D eigenvalue weighted by Gasteiger charge is -2.30. The number of nitro groups is 1. The number of carbonyl (C=O) groups is 1. The number of anilines is 1. The molecule has 1 unspecified atom stereocenters. The van der Waals surface area contributed by atoms with E-state index in [2.05, 4.69) is 20.9 Å². The molecule has 1 aromatic heterocycles. The second-order valence-corrected chi connectivity index (χ2v) is 5.23. The number of Topliss-reactive ketones (excluding diaryl/α,β-unsaturated/α-hetero) is 1. The van der Waals surface area contributed by atoms with Crippen LogP contribution < -0.4 is 4.90 Å². The molecule has 0 aromatic carbocycles. The highest BCUT2D eigenvalue weighted by atomic mass is 79.9. The van der Waals surface area contributed by atoms with Crippen molar-refractivity contribution in [1.82, 2.24) is 4.98 Å². The van der Waals surface area contributed by atoms with Crippen molar-refractivity contribution < 1.29 is 9.72 Å². The molecule has 0 spiro atoms. The predicted molar refractivity (Wildman–Crippen MR) is 69.6 cm³/mol. The van der Waals surface area contributed by atoms with Gasteiger partial charge in [0.1, 0.15) is 5.78 Å². The molecular formula is C11H12BrN3O3. The first-order valence-corrected chi connectivity index (χ1v) is 6.36. The summed E-state index contributed by atoms with van der Waals surface area (Å²) in [4.78, 5) is 27.9. The quantitative estimate of drug-likeness (QED) is 0.617. The third-order valence-corrected chi connectivity index (χ3v) is 3.42. The molecule has 1 fully saturated rings. The number of carbonyl (C=O) groups excluding carboxylic acids is 1. The number of nitrogens with zero attached hydrogens (tertiary/aromatic N) is 3. The first kappa shape index (κ1) is 12.9. The Morgan fingerprint density at radius 1 is 1.61 bits per heavy atom. The Morgan fingerprint density at radius 3 is 2.94 bits per heavy atom. The van der Waals surface area contributed by atoms with E-state index in [1.807, 2.05) is 6.92 Å². The van der Waals surface area contributed by atoms with Crippen molar-refractivity contribution in [2.45, 2.75) is 13.3 Å². The van der Waals surface area contributed by atoms with Gasteiger partial charge in [0, 0.05) is 42.2 Å². The van der Waals surface area contributed by atoms with Crippen LogP contribution in [-0.2, 0) is 4.79 Å². The monoisotopic (exact) mass is 313 g/mol. The molecule has 96 valence electrons. The molecule has 1 aromatic rings. The van der Waals surface area contributed by atoms with Gasteiger partial charge in [-0.2, -0.15) is 0 Å². The number of rotatable bonds is 2. The number of piperidine rings is 1. The minimum absolute atomic E-state index is 0.0362. The van der Waals surface area contributed by atoms with Crippen LogP contribution in [0.5, 0.6) is 0 Å². The molecular weight excluding hydrogens is 302 g/mol. The summed E-state index contributed by atoms with van der Waals surface area (Å²) in [5.41, 5.74) is -0.0362. The van der Waals surface area contributed by atoms with E-state index in [1.54, 1.807) is 4.90 Å². The Morgan fingerprint density at radius 2 is 2.33 bits per heavy atom. The van der Waals surface area contributed by atoms with E-state index in [9.17, 15) is 14.9 Å². The van der Waals surface area contributed by atoms with Crippen molar-refractivity contribution >= 4 is 33.2 Å². The van der Waals surface area contributed by atoms with Gasteiger partial charge in [0.15, 0.2) is 0 Å². The number of hydrogen-bond acceptors (Lipinski definition) is 5. The van der Waals surface area contributed by atoms with Gasteiger partial charge in [-0.05, 0) is 15.9 Å². The molecule has 0 radical (unpaired) electrons. The molecule has 0 bridgehead atoms. The lowest BCUT2D eigenvalue weighted by molar-refractivity contribution is -0.384. The molecule has 18 heavy (non-hydrogen) atoms. The molecule has 0 aliphatic carbocycles.